The highest BCUT2D eigenvalue weighted by Crippen LogP contribution is 2.12. The van der Waals surface area contributed by atoms with Gasteiger partial charge in [0, 0.05) is 0 Å². The van der Waals surface area contributed by atoms with E-state index in [1.54, 1.807) is 0 Å². The monoisotopic (exact) mass is 170 g/mol. The summed E-state index contributed by atoms with van der Waals surface area (Å²) in [4.78, 5) is 0. The van der Waals surface area contributed by atoms with Crippen LogP contribution in [0.4, 0.5) is 0 Å². The Balaban J connectivity index is 0. The van der Waals surface area contributed by atoms with E-state index in [1.165, 1.54) is 31.3 Å². The van der Waals surface area contributed by atoms with Crippen LogP contribution >= 0.6 is 0 Å². The second kappa shape index (κ2) is 10.7. The third-order valence-electron chi connectivity index (χ3n) is 2.06. The van der Waals surface area contributed by atoms with E-state index >= 15 is 0 Å². The van der Waals surface area contributed by atoms with E-state index in [0.29, 0.717) is 0 Å². The Labute approximate surface area is 79.1 Å². The van der Waals surface area contributed by atoms with Gasteiger partial charge >= 0.3 is 0 Å². The zero-order chi connectivity index (χ0) is 9.98. The molecule has 0 heterocycles. The molecule has 0 aromatic heterocycles. The topological polar surface area (TPSA) is 0 Å². The zero-order valence-electron chi connectivity index (χ0n) is 9.61. The summed E-state index contributed by atoms with van der Waals surface area (Å²) in [6, 6.07) is 0. The average Bonchev–Trinajstić information content (AvgIpc) is 2.05. The molecule has 0 rings (SSSR count). The maximum atomic E-state index is 3.87. The first-order chi connectivity index (χ1) is 5.59. The van der Waals surface area contributed by atoms with Gasteiger partial charge in [0.25, 0.3) is 0 Å². The molecular formula is C12H26. The van der Waals surface area contributed by atoms with Crippen molar-refractivity contribution in [3.8, 4) is 0 Å². The molecule has 0 aliphatic rings. The van der Waals surface area contributed by atoms with Crippen LogP contribution in [0.25, 0.3) is 0 Å². The van der Waals surface area contributed by atoms with Crippen LogP contribution in [0.2, 0.25) is 0 Å². The van der Waals surface area contributed by atoms with Gasteiger partial charge in [-0.2, -0.15) is 0 Å². The van der Waals surface area contributed by atoms with E-state index < -0.39 is 0 Å². The molecule has 0 N–H and O–H groups in total. The van der Waals surface area contributed by atoms with E-state index in [0.717, 1.165) is 5.92 Å². The van der Waals surface area contributed by atoms with E-state index in [2.05, 4.69) is 41.2 Å². The molecule has 0 aliphatic heterocycles. The summed E-state index contributed by atoms with van der Waals surface area (Å²) in [5, 5.41) is 0. The summed E-state index contributed by atoms with van der Waals surface area (Å²) in [7, 11) is 0. The molecule has 1 unspecified atom stereocenters. The Kier molecular flexibility index (Phi) is 12.8. The summed E-state index contributed by atoms with van der Waals surface area (Å²) in [5.41, 5.74) is 1.31. The molecule has 0 heteroatoms. The SMILES string of the molecule is C=C(C)C(C)CCC.CCCC. The lowest BCUT2D eigenvalue weighted by Gasteiger charge is -2.06. The Morgan fingerprint density at radius 2 is 1.50 bits per heavy atom. The first-order valence-corrected chi connectivity index (χ1v) is 5.25. The summed E-state index contributed by atoms with van der Waals surface area (Å²) >= 11 is 0. The molecule has 0 saturated heterocycles. The summed E-state index contributed by atoms with van der Waals surface area (Å²) in [6.07, 6.45) is 5.20. The largest absolute Gasteiger partial charge is 0.0999 e. The fraction of sp³-hybridized carbons (Fsp3) is 0.833. The Bertz CT molecular complexity index is 90.2. The van der Waals surface area contributed by atoms with Gasteiger partial charge in [-0.1, -0.05) is 59.1 Å². The third kappa shape index (κ3) is 12.4. The van der Waals surface area contributed by atoms with Crippen LogP contribution in [0.3, 0.4) is 0 Å². The highest BCUT2D eigenvalue weighted by atomic mass is 14.0. The highest BCUT2D eigenvalue weighted by Gasteiger charge is 1.97. The number of rotatable bonds is 4. The van der Waals surface area contributed by atoms with Gasteiger partial charge in [0.15, 0.2) is 0 Å². The number of hydrogen-bond donors (Lipinski definition) is 0. The summed E-state index contributed by atoms with van der Waals surface area (Å²) in [5.74, 6) is 0.722. The van der Waals surface area contributed by atoms with Crippen LogP contribution < -0.4 is 0 Å². The molecule has 0 aromatic carbocycles. The predicted octanol–water partition coefficient (Wildman–Crippen LogP) is 4.81. The van der Waals surface area contributed by atoms with Crippen molar-refractivity contribution in [2.45, 2.75) is 60.3 Å². The van der Waals surface area contributed by atoms with E-state index in [4.69, 9.17) is 0 Å². The minimum Gasteiger partial charge on any atom is -0.0999 e. The molecule has 0 aromatic rings. The van der Waals surface area contributed by atoms with E-state index in [1.807, 2.05) is 0 Å². The zero-order valence-corrected chi connectivity index (χ0v) is 9.61. The fourth-order valence-corrected chi connectivity index (χ4v) is 0.679. The van der Waals surface area contributed by atoms with Crippen molar-refractivity contribution in [2.24, 2.45) is 5.92 Å². The van der Waals surface area contributed by atoms with Crippen molar-refractivity contribution in [1.82, 2.24) is 0 Å². The van der Waals surface area contributed by atoms with Gasteiger partial charge in [0.05, 0.1) is 0 Å². The quantitative estimate of drug-likeness (QED) is 0.531. The molecular weight excluding hydrogens is 144 g/mol. The standard InChI is InChI=1S/C8H16.C4H10/c1-5-6-8(4)7(2)3;1-3-4-2/h8H,2,5-6H2,1,3-4H3;3-4H2,1-2H3. The first kappa shape index (κ1) is 14.3. The first-order valence-electron chi connectivity index (χ1n) is 5.25. The number of unbranched alkanes of at least 4 members (excludes halogenated alkanes) is 1. The summed E-state index contributed by atoms with van der Waals surface area (Å²) in [6.45, 7) is 14.8. The number of hydrogen-bond acceptors (Lipinski definition) is 0. The molecule has 0 amide bonds. The Morgan fingerprint density at radius 3 is 1.58 bits per heavy atom. The van der Waals surface area contributed by atoms with E-state index in [-0.39, 0.29) is 0 Å². The minimum absolute atomic E-state index is 0.722. The van der Waals surface area contributed by atoms with Crippen molar-refractivity contribution in [3.63, 3.8) is 0 Å². The van der Waals surface area contributed by atoms with Gasteiger partial charge in [-0.05, 0) is 19.3 Å². The van der Waals surface area contributed by atoms with Crippen LogP contribution in [0.5, 0.6) is 0 Å². The molecule has 0 nitrogen and oxygen atoms in total. The van der Waals surface area contributed by atoms with Crippen molar-refractivity contribution in [2.75, 3.05) is 0 Å². The van der Waals surface area contributed by atoms with Gasteiger partial charge < -0.3 is 0 Å². The molecule has 0 radical (unpaired) electrons. The molecule has 0 fully saturated rings. The highest BCUT2D eigenvalue weighted by molar-refractivity contribution is 4.93. The molecule has 0 saturated carbocycles. The van der Waals surface area contributed by atoms with Crippen LogP contribution in [0.15, 0.2) is 12.2 Å². The smallest absolute Gasteiger partial charge is 0.0237 e. The molecule has 0 spiro atoms. The lowest BCUT2D eigenvalue weighted by molar-refractivity contribution is 0.603. The minimum atomic E-state index is 0.722. The van der Waals surface area contributed by atoms with Crippen molar-refractivity contribution in [1.29, 1.82) is 0 Å². The molecule has 0 bridgehead atoms. The van der Waals surface area contributed by atoms with Crippen LogP contribution in [0, 0.1) is 5.92 Å². The van der Waals surface area contributed by atoms with Gasteiger partial charge in [-0.15, -0.1) is 0 Å². The predicted molar refractivity (Wildman–Crippen MR) is 59.5 cm³/mol. The molecule has 1 atom stereocenters. The van der Waals surface area contributed by atoms with Gasteiger partial charge in [0.1, 0.15) is 0 Å². The average molecular weight is 170 g/mol. The van der Waals surface area contributed by atoms with Gasteiger partial charge in [-0.3, -0.25) is 0 Å². The third-order valence-corrected chi connectivity index (χ3v) is 2.06. The van der Waals surface area contributed by atoms with Crippen molar-refractivity contribution in [3.05, 3.63) is 12.2 Å². The maximum absolute atomic E-state index is 3.87. The van der Waals surface area contributed by atoms with Crippen LogP contribution in [-0.4, -0.2) is 0 Å². The van der Waals surface area contributed by atoms with Gasteiger partial charge in [-0.25, -0.2) is 0 Å². The Morgan fingerprint density at radius 1 is 1.08 bits per heavy atom. The molecule has 12 heavy (non-hydrogen) atoms. The maximum Gasteiger partial charge on any atom is -0.0237 e. The lowest BCUT2D eigenvalue weighted by atomic mass is 10.00. The lowest BCUT2D eigenvalue weighted by Crippen LogP contribution is -1.92. The molecule has 74 valence electrons. The second-order valence-electron chi connectivity index (χ2n) is 3.54. The Hall–Kier alpha value is -0.260. The number of allylic oxidation sites excluding steroid dienone is 1. The normalized spacial score (nSPS) is 11.4. The molecule has 0 aliphatic carbocycles. The van der Waals surface area contributed by atoms with Gasteiger partial charge in [0.2, 0.25) is 0 Å². The van der Waals surface area contributed by atoms with Crippen LogP contribution in [-0.2, 0) is 0 Å². The van der Waals surface area contributed by atoms with E-state index in [9.17, 15) is 0 Å². The second-order valence-corrected chi connectivity index (χ2v) is 3.54. The van der Waals surface area contributed by atoms with Crippen molar-refractivity contribution >= 4 is 0 Å². The fourth-order valence-electron chi connectivity index (χ4n) is 0.679. The van der Waals surface area contributed by atoms with Crippen molar-refractivity contribution < 1.29 is 0 Å². The van der Waals surface area contributed by atoms with Crippen LogP contribution in [0.1, 0.15) is 60.3 Å². The summed E-state index contributed by atoms with van der Waals surface area (Å²) < 4.78 is 0.